The number of esters is 1. The molecular formula is C13H17NO3. The van der Waals surface area contributed by atoms with Crippen molar-refractivity contribution in [3.05, 3.63) is 42.5 Å². The van der Waals surface area contributed by atoms with Gasteiger partial charge in [0.15, 0.2) is 0 Å². The van der Waals surface area contributed by atoms with Gasteiger partial charge in [0.1, 0.15) is 19.0 Å². The van der Waals surface area contributed by atoms with Crippen molar-refractivity contribution in [3.8, 4) is 5.75 Å². The molecule has 4 nitrogen and oxygen atoms in total. The number of hydrogen-bond donors (Lipinski definition) is 1. The summed E-state index contributed by atoms with van der Waals surface area (Å²) in [5, 5.41) is 0. The Hall–Kier alpha value is -1.81. The quantitative estimate of drug-likeness (QED) is 0.599. The van der Waals surface area contributed by atoms with Crippen LogP contribution in [0, 0.1) is 0 Å². The Labute approximate surface area is 101 Å². The van der Waals surface area contributed by atoms with Crippen LogP contribution in [0.1, 0.15) is 6.92 Å². The highest BCUT2D eigenvalue weighted by Gasteiger charge is 2.08. The lowest BCUT2D eigenvalue weighted by Gasteiger charge is -2.13. The Morgan fingerprint density at radius 3 is 2.59 bits per heavy atom. The summed E-state index contributed by atoms with van der Waals surface area (Å²) in [6.07, 6.45) is 0. The molecule has 1 aromatic carbocycles. The van der Waals surface area contributed by atoms with Gasteiger partial charge in [0, 0.05) is 5.57 Å². The van der Waals surface area contributed by atoms with Gasteiger partial charge in [-0.15, -0.1) is 0 Å². The number of ether oxygens (including phenoxy) is 2. The standard InChI is InChI=1S/C13H17NO3/c1-10(2)13(15)17-9-11(14)8-16-12-6-4-3-5-7-12/h3-7,11H,1,8-9,14H2,2H3. The van der Waals surface area contributed by atoms with E-state index in [1.165, 1.54) is 0 Å². The molecular weight excluding hydrogens is 218 g/mol. The lowest BCUT2D eigenvalue weighted by Crippen LogP contribution is -2.33. The van der Waals surface area contributed by atoms with E-state index in [1.54, 1.807) is 6.92 Å². The number of nitrogens with two attached hydrogens (primary N) is 1. The van der Waals surface area contributed by atoms with Crippen molar-refractivity contribution in [2.45, 2.75) is 13.0 Å². The van der Waals surface area contributed by atoms with Crippen LogP contribution in [0.2, 0.25) is 0 Å². The molecule has 0 saturated carbocycles. The van der Waals surface area contributed by atoms with Crippen LogP contribution in [-0.2, 0) is 9.53 Å². The summed E-state index contributed by atoms with van der Waals surface area (Å²) in [6.45, 7) is 5.49. The van der Waals surface area contributed by atoms with Gasteiger partial charge >= 0.3 is 5.97 Å². The fourth-order valence-electron chi connectivity index (χ4n) is 1.07. The van der Waals surface area contributed by atoms with E-state index < -0.39 is 5.97 Å². The molecule has 1 atom stereocenters. The number of para-hydroxylation sites is 1. The SMILES string of the molecule is C=C(C)C(=O)OCC(N)COc1ccccc1. The lowest BCUT2D eigenvalue weighted by molar-refractivity contribution is -0.139. The predicted octanol–water partition coefficient (Wildman–Crippen LogP) is 1.51. The van der Waals surface area contributed by atoms with Crippen molar-refractivity contribution in [2.75, 3.05) is 13.2 Å². The molecule has 0 heterocycles. The van der Waals surface area contributed by atoms with Crippen LogP contribution in [0.5, 0.6) is 5.75 Å². The van der Waals surface area contributed by atoms with Crippen molar-refractivity contribution in [2.24, 2.45) is 5.73 Å². The van der Waals surface area contributed by atoms with Gasteiger partial charge in [0.25, 0.3) is 0 Å². The van der Waals surface area contributed by atoms with E-state index >= 15 is 0 Å². The van der Waals surface area contributed by atoms with Crippen LogP contribution in [0.4, 0.5) is 0 Å². The molecule has 0 aliphatic rings. The maximum Gasteiger partial charge on any atom is 0.333 e. The minimum absolute atomic E-state index is 0.124. The Kier molecular flexibility index (Phi) is 5.23. The van der Waals surface area contributed by atoms with Gasteiger partial charge in [0.05, 0.1) is 6.04 Å². The molecule has 0 saturated heterocycles. The molecule has 0 amide bonds. The largest absolute Gasteiger partial charge is 0.492 e. The summed E-state index contributed by atoms with van der Waals surface area (Å²) in [6, 6.07) is 8.99. The van der Waals surface area contributed by atoms with Crippen LogP contribution in [-0.4, -0.2) is 25.2 Å². The smallest absolute Gasteiger partial charge is 0.333 e. The minimum Gasteiger partial charge on any atom is -0.492 e. The zero-order chi connectivity index (χ0) is 12.7. The third kappa shape index (κ3) is 5.17. The Morgan fingerprint density at radius 2 is 2.00 bits per heavy atom. The molecule has 1 unspecified atom stereocenters. The molecule has 0 spiro atoms. The Balaban J connectivity index is 2.24. The number of rotatable bonds is 6. The molecule has 1 aromatic rings. The van der Waals surface area contributed by atoms with Crippen LogP contribution in [0.25, 0.3) is 0 Å². The summed E-state index contributed by atoms with van der Waals surface area (Å²) in [7, 11) is 0. The first kappa shape index (κ1) is 13.3. The van der Waals surface area contributed by atoms with E-state index in [4.69, 9.17) is 15.2 Å². The second-order valence-corrected chi connectivity index (χ2v) is 3.76. The van der Waals surface area contributed by atoms with Crippen LogP contribution in [0.3, 0.4) is 0 Å². The van der Waals surface area contributed by atoms with Gasteiger partial charge < -0.3 is 15.2 Å². The van der Waals surface area contributed by atoms with Gasteiger partial charge in [-0.1, -0.05) is 24.8 Å². The van der Waals surface area contributed by atoms with Gasteiger partial charge in [-0.25, -0.2) is 4.79 Å². The van der Waals surface area contributed by atoms with Gasteiger partial charge in [-0.05, 0) is 19.1 Å². The second kappa shape index (κ2) is 6.70. The maximum atomic E-state index is 11.1. The molecule has 0 aliphatic carbocycles. The molecule has 0 bridgehead atoms. The normalized spacial score (nSPS) is 11.6. The zero-order valence-corrected chi connectivity index (χ0v) is 9.89. The van der Waals surface area contributed by atoms with Crippen LogP contribution >= 0.6 is 0 Å². The first-order valence-corrected chi connectivity index (χ1v) is 5.35. The van der Waals surface area contributed by atoms with Gasteiger partial charge in [-0.3, -0.25) is 0 Å². The molecule has 0 radical (unpaired) electrons. The second-order valence-electron chi connectivity index (χ2n) is 3.76. The number of carbonyl (C=O) groups excluding carboxylic acids is 1. The van der Waals surface area contributed by atoms with Crippen molar-refractivity contribution in [3.63, 3.8) is 0 Å². The average molecular weight is 235 g/mol. The third-order valence-electron chi connectivity index (χ3n) is 1.98. The summed E-state index contributed by atoms with van der Waals surface area (Å²) in [4.78, 5) is 11.1. The number of hydrogen-bond acceptors (Lipinski definition) is 4. The van der Waals surface area contributed by atoms with E-state index in [0.29, 0.717) is 12.2 Å². The van der Waals surface area contributed by atoms with E-state index in [0.717, 1.165) is 5.75 Å². The van der Waals surface area contributed by atoms with Gasteiger partial charge in [-0.2, -0.15) is 0 Å². The molecule has 2 N–H and O–H groups in total. The predicted molar refractivity (Wildman–Crippen MR) is 65.7 cm³/mol. The highest BCUT2D eigenvalue weighted by atomic mass is 16.5. The maximum absolute atomic E-state index is 11.1. The summed E-state index contributed by atoms with van der Waals surface area (Å²) < 4.78 is 10.3. The average Bonchev–Trinajstić information content (AvgIpc) is 2.34. The van der Waals surface area contributed by atoms with Gasteiger partial charge in [0.2, 0.25) is 0 Å². The molecule has 4 heteroatoms. The first-order valence-electron chi connectivity index (χ1n) is 5.35. The Bertz CT molecular complexity index is 376. The molecule has 17 heavy (non-hydrogen) atoms. The fourth-order valence-corrected chi connectivity index (χ4v) is 1.07. The fraction of sp³-hybridized carbons (Fsp3) is 0.308. The van der Waals surface area contributed by atoms with Crippen molar-refractivity contribution < 1.29 is 14.3 Å². The summed E-state index contributed by atoms with van der Waals surface area (Å²) in [5.41, 5.74) is 6.10. The Morgan fingerprint density at radius 1 is 1.35 bits per heavy atom. The molecule has 92 valence electrons. The van der Waals surface area contributed by atoms with E-state index in [2.05, 4.69) is 6.58 Å². The zero-order valence-electron chi connectivity index (χ0n) is 9.89. The number of carbonyl (C=O) groups is 1. The summed E-state index contributed by atoms with van der Waals surface area (Å²) in [5.74, 6) is 0.314. The van der Waals surface area contributed by atoms with E-state index in [-0.39, 0.29) is 12.6 Å². The van der Waals surface area contributed by atoms with Crippen LogP contribution in [0.15, 0.2) is 42.5 Å². The lowest BCUT2D eigenvalue weighted by atomic mass is 10.3. The van der Waals surface area contributed by atoms with E-state index in [1.807, 2.05) is 30.3 Å². The monoisotopic (exact) mass is 235 g/mol. The first-order chi connectivity index (χ1) is 8.09. The highest BCUT2D eigenvalue weighted by Crippen LogP contribution is 2.08. The van der Waals surface area contributed by atoms with Crippen molar-refractivity contribution >= 4 is 5.97 Å². The number of benzene rings is 1. The molecule has 1 rings (SSSR count). The highest BCUT2D eigenvalue weighted by molar-refractivity contribution is 5.86. The topological polar surface area (TPSA) is 61.5 Å². The third-order valence-corrected chi connectivity index (χ3v) is 1.98. The molecule has 0 aliphatic heterocycles. The molecule has 0 aromatic heterocycles. The minimum atomic E-state index is -0.430. The molecule has 0 fully saturated rings. The summed E-state index contributed by atoms with van der Waals surface area (Å²) >= 11 is 0. The van der Waals surface area contributed by atoms with Crippen LogP contribution < -0.4 is 10.5 Å². The van der Waals surface area contributed by atoms with Crippen molar-refractivity contribution in [1.82, 2.24) is 0 Å². The van der Waals surface area contributed by atoms with E-state index in [9.17, 15) is 4.79 Å². The van der Waals surface area contributed by atoms with Crippen molar-refractivity contribution in [1.29, 1.82) is 0 Å².